The number of ether oxygens (including phenoxy) is 1. The van der Waals surface area contributed by atoms with E-state index < -0.39 is 25.9 Å². The van der Waals surface area contributed by atoms with Gasteiger partial charge >= 0.3 is 15.6 Å². The lowest BCUT2D eigenvalue weighted by Gasteiger charge is -2.43. The monoisotopic (exact) mass is 438 g/mol. The van der Waals surface area contributed by atoms with E-state index in [0.717, 1.165) is 0 Å². The van der Waals surface area contributed by atoms with Gasteiger partial charge in [0.2, 0.25) is 0 Å². The molecule has 1 heterocycles. The molecule has 3 rings (SSSR count). The van der Waals surface area contributed by atoms with E-state index in [0.29, 0.717) is 26.0 Å². The lowest BCUT2D eigenvalue weighted by molar-refractivity contribution is -0.0496. The zero-order chi connectivity index (χ0) is 19.7. The molecule has 1 aliphatic heterocycles. The number of halogens is 3. The molecule has 0 aliphatic carbocycles. The van der Waals surface area contributed by atoms with E-state index in [1.54, 1.807) is 48.5 Å². The minimum absolute atomic E-state index is 0.102. The van der Waals surface area contributed by atoms with Crippen LogP contribution in [-0.2, 0) is 18.5 Å². The first-order valence-corrected chi connectivity index (χ1v) is 11.8. The molecule has 0 spiro atoms. The molecule has 0 aromatic heterocycles. The number of hydrogen-bond donors (Lipinski definition) is 0. The van der Waals surface area contributed by atoms with Crippen LogP contribution in [0.4, 0.5) is 13.2 Å². The molecule has 0 bridgehead atoms. The Hall–Kier alpha value is -1.20. The molecule has 0 atom stereocenters. The van der Waals surface area contributed by atoms with Crippen molar-refractivity contribution in [1.82, 2.24) is 0 Å². The summed E-state index contributed by atoms with van der Waals surface area (Å²) in [5.41, 5.74) is -5.50. The molecule has 148 valence electrons. The Kier molecular flexibility index (Phi) is 5.83. The van der Waals surface area contributed by atoms with Crippen LogP contribution >= 0.6 is 22.1 Å². The molecular formula is C17H17F3O4S3. The van der Waals surface area contributed by atoms with Gasteiger partial charge in [0.1, 0.15) is 0 Å². The van der Waals surface area contributed by atoms with Crippen LogP contribution in [0.1, 0.15) is 6.42 Å². The van der Waals surface area contributed by atoms with Crippen LogP contribution in [0.25, 0.3) is 0 Å². The van der Waals surface area contributed by atoms with Gasteiger partial charge in [-0.1, -0.05) is 46.3 Å². The summed E-state index contributed by atoms with van der Waals surface area (Å²) in [4.78, 5) is 2.36. The predicted octanol–water partition coefficient (Wildman–Crippen LogP) is 5.19. The van der Waals surface area contributed by atoms with E-state index >= 15 is 0 Å². The topological polar surface area (TPSA) is 52.6 Å². The van der Waals surface area contributed by atoms with Gasteiger partial charge in [-0.2, -0.15) is 21.6 Å². The van der Waals surface area contributed by atoms with Gasteiger partial charge in [0, 0.05) is 39.1 Å². The van der Waals surface area contributed by atoms with Gasteiger partial charge in [-0.25, -0.2) is 3.63 Å². The third kappa shape index (κ3) is 3.86. The molecule has 10 heteroatoms. The summed E-state index contributed by atoms with van der Waals surface area (Å²) in [6.45, 7) is 0.279. The third-order valence-corrected chi connectivity index (χ3v) is 10.5. The maximum absolute atomic E-state index is 13.2. The van der Waals surface area contributed by atoms with Gasteiger partial charge in [-0.15, -0.1) is 0 Å². The number of rotatable bonds is 6. The number of alkyl halides is 3. The highest BCUT2D eigenvalue weighted by Gasteiger charge is 2.53. The van der Waals surface area contributed by atoms with Crippen LogP contribution in [0.2, 0.25) is 0 Å². The lowest BCUT2D eigenvalue weighted by Crippen LogP contribution is -2.29. The van der Waals surface area contributed by atoms with E-state index in [4.69, 9.17) is 8.37 Å². The van der Waals surface area contributed by atoms with Gasteiger partial charge in [-0.3, -0.25) is 0 Å². The lowest BCUT2D eigenvalue weighted by atomic mass is 10.3. The van der Waals surface area contributed by atoms with Crippen molar-refractivity contribution in [3.63, 3.8) is 0 Å². The molecule has 27 heavy (non-hydrogen) atoms. The van der Waals surface area contributed by atoms with E-state index in [-0.39, 0.29) is 12.4 Å². The quantitative estimate of drug-likeness (QED) is 0.459. The SMILES string of the molecule is COCCCS1(OS(=O)(=O)C(F)(F)F)c2ccccc2Sc2ccccc21. The van der Waals surface area contributed by atoms with E-state index in [2.05, 4.69) is 0 Å². The fourth-order valence-electron chi connectivity index (χ4n) is 2.78. The molecule has 4 nitrogen and oxygen atoms in total. The fourth-order valence-corrected chi connectivity index (χ4v) is 9.68. The predicted molar refractivity (Wildman–Crippen MR) is 98.5 cm³/mol. The average molecular weight is 439 g/mol. The molecule has 0 fully saturated rings. The van der Waals surface area contributed by atoms with Gasteiger partial charge in [0.05, 0.1) is 0 Å². The summed E-state index contributed by atoms with van der Waals surface area (Å²) in [6.07, 6.45) is 0.354. The van der Waals surface area contributed by atoms with Crippen LogP contribution in [0.3, 0.4) is 0 Å². The molecule has 2 aromatic rings. The second-order valence-corrected chi connectivity index (χ2v) is 11.3. The third-order valence-electron chi connectivity index (χ3n) is 3.90. The summed E-state index contributed by atoms with van der Waals surface area (Å²) in [7, 11) is -7.25. The highest BCUT2D eigenvalue weighted by molar-refractivity contribution is 8.33. The van der Waals surface area contributed by atoms with Crippen LogP contribution in [0.15, 0.2) is 68.1 Å². The van der Waals surface area contributed by atoms with Crippen molar-refractivity contribution < 1.29 is 30.0 Å². The van der Waals surface area contributed by atoms with Gasteiger partial charge in [0.25, 0.3) is 0 Å². The van der Waals surface area contributed by atoms with Gasteiger partial charge < -0.3 is 4.74 Å². The number of methoxy groups -OCH3 is 1. The number of fused-ring (bicyclic) bond motifs is 2. The Morgan fingerprint density at radius 1 is 1.00 bits per heavy atom. The van der Waals surface area contributed by atoms with Crippen molar-refractivity contribution in [3.05, 3.63) is 48.5 Å². The summed E-state index contributed by atoms with van der Waals surface area (Å²) >= 11 is 1.39. The standard InChI is InChI=1S/C17H17F3O4S3/c1-23-11-6-12-26(24-27(21,22)17(18,19)20)15-9-4-2-7-13(15)25-14-8-3-5-10-16(14)26/h2-5,7-10H,6,11-12H2,1H3. The van der Waals surface area contributed by atoms with Crippen molar-refractivity contribution in [2.45, 2.75) is 31.5 Å². The molecule has 0 unspecified atom stereocenters. The van der Waals surface area contributed by atoms with Crippen molar-refractivity contribution in [2.75, 3.05) is 19.5 Å². The fraction of sp³-hybridized carbons (Fsp3) is 0.294. The Morgan fingerprint density at radius 2 is 1.52 bits per heavy atom. The highest BCUT2D eigenvalue weighted by Crippen LogP contribution is 2.72. The first kappa shape index (κ1) is 20.5. The van der Waals surface area contributed by atoms with Crippen molar-refractivity contribution in [1.29, 1.82) is 0 Å². The largest absolute Gasteiger partial charge is 0.523 e. The van der Waals surface area contributed by atoms with E-state index in [9.17, 15) is 21.6 Å². The highest BCUT2D eigenvalue weighted by atomic mass is 32.3. The minimum atomic E-state index is -5.79. The van der Waals surface area contributed by atoms with Crippen molar-refractivity contribution in [2.24, 2.45) is 0 Å². The molecule has 0 amide bonds. The molecule has 2 aromatic carbocycles. The maximum atomic E-state index is 13.2. The van der Waals surface area contributed by atoms with Gasteiger partial charge in [-0.05, 0) is 30.7 Å². The van der Waals surface area contributed by atoms with Crippen molar-refractivity contribution >= 4 is 32.2 Å². The summed E-state index contributed by atoms with van der Waals surface area (Å²) in [5, 5.41) is 0. The van der Waals surface area contributed by atoms with Crippen LogP contribution in [0.5, 0.6) is 0 Å². The second kappa shape index (κ2) is 7.67. The summed E-state index contributed by atoms with van der Waals surface area (Å²) in [6, 6.07) is 13.7. The molecule has 0 radical (unpaired) electrons. The zero-order valence-electron chi connectivity index (χ0n) is 14.2. The van der Waals surface area contributed by atoms with Crippen LogP contribution < -0.4 is 0 Å². The smallest absolute Gasteiger partial charge is 0.385 e. The molecule has 0 saturated heterocycles. The summed E-state index contributed by atoms with van der Waals surface area (Å²) < 4.78 is 73.7. The Labute approximate surface area is 161 Å². The minimum Gasteiger partial charge on any atom is -0.385 e. The number of benzene rings is 2. The Morgan fingerprint density at radius 3 is 2.00 bits per heavy atom. The Bertz CT molecular complexity index is 884. The first-order chi connectivity index (χ1) is 12.7. The molecule has 0 N–H and O–H groups in total. The van der Waals surface area contributed by atoms with Crippen LogP contribution in [-0.4, -0.2) is 33.4 Å². The molecular weight excluding hydrogens is 421 g/mol. The summed E-state index contributed by atoms with van der Waals surface area (Å²) in [5.74, 6) is 0.102. The van der Waals surface area contributed by atoms with E-state index in [1.165, 1.54) is 18.9 Å². The Balaban J connectivity index is 2.23. The second-order valence-electron chi connectivity index (χ2n) is 5.69. The van der Waals surface area contributed by atoms with Crippen molar-refractivity contribution in [3.8, 4) is 0 Å². The molecule has 1 aliphatic rings. The first-order valence-electron chi connectivity index (χ1n) is 7.89. The zero-order valence-corrected chi connectivity index (χ0v) is 16.7. The van der Waals surface area contributed by atoms with Gasteiger partial charge in [0.15, 0.2) is 0 Å². The maximum Gasteiger partial charge on any atom is 0.523 e. The normalized spacial score (nSPS) is 17.0. The van der Waals surface area contributed by atoms with E-state index in [1.807, 2.05) is 0 Å². The average Bonchev–Trinajstić information content (AvgIpc) is 2.61. The molecule has 0 saturated carbocycles. The number of hydrogen-bond acceptors (Lipinski definition) is 5. The van der Waals surface area contributed by atoms with Crippen LogP contribution in [0, 0.1) is 0 Å².